The van der Waals surface area contributed by atoms with Gasteiger partial charge < -0.3 is 19.8 Å². The van der Waals surface area contributed by atoms with Crippen molar-refractivity contribution >= 4 is 41.0 Å². The van der Waals surface area contributed by atoms with E-state index in [1.807, 2.05) is 44.2 Å². The number of pyridine rings is 1. The molecule has 11 heteroatoms. The summed E-state index contributed by atoms with van der Waals surface area (Å²) in [6.07, 6.45) is 5.91. The van der Waals surface area contributed by atoms with E-state index in [0.29, 0.717) is 30.5 Å². The molecule has 0 aliphatic heterocycles. The highest BCUT2D eigenvalue weighted by molar-refractivity contribution is 6.31. The SMILES string of the molecule is CCOCCNc1nc(N/N=C/c2ccc(Nc3cc(Cl)cc(-c4occc4C)c3)cn2)ncc1F. The van der Waals surface area contributed by atoms with E-state index < -0.39 is 5.82 Å². The van der Waals surface area contributed by atoms with Gasteiger partial charge in [0.2, 0.25) is 5.95 Å². The number of hydrogen-bond donors (Lipinski definition) is 3. The zero-order chi connectivity index (χ0) is 25.3. The first kappa shape index (κ1) is 25.1. The van der Waals surface area contributed by atoms with Gasteiger partial charge in [0.1, 0.15) is 5.76 Å². The smallest absolute Gasteiger partial charge is 0.245 e. The van der Waals surface area contributed by atoms with Gasteiger partial charge in [0.15, 0.2) is 11.6 Å². The van der Waals surface area contributed by atoms with Crippen LogP contribution >= 0.6 is 11.6 Å². The van der Waals surface area contributed by atoms with E-state index in [1.54, 1.807) is 18.5 Å². The Kier molecular flexibility index (Phi) is 8.43. The van der Waals surface area contributed by atoms with Gasteiger partial charge in [-0.15, -0.1) is 0 Å². The molecule has 0 spiro atoms. The van der Waals surface area contributed by atoms with Gasteiger partial charge in [-0.3, -0.25) is 4.98 Å². The van der Waals surface area contributed by atoms with Crippen LogP contribution in [0.4, 0.5) is 27.5 Å². The molecule has 36 heavy (non-hydrogen) atoms. The van der Waals surface area contributed by atoms with Crippen molar-refractivity contribution in [2.24, 2.45) is 5.10 Å². The number of hydrogen-bond acceptors (Lipinski definition) is 9. The number of anilines is 4. The molecule has 0 amide bonds. The molecule has 0 atom stereocenters. The number of aromatic nitrogens is 3. The maximum atomic E-state index is 13.9. The van der Waals surface area contributed by atoms with Crippen molar-refractivity contribution in [2.45, 2.75) is 13.8 Å². The minimum absolute atomic E-state index is 0.0716. The van der Waals surface area contributed by atoms with Crippen molar-refractivity contribution in [3.63, 3.8) is 0 Å². The molecule has 9 nitrogen and oxygen atoms in total. The summed E-state index contributed by atoms with van der Waals surface area (Å²) in [6, 6.07) is 11.2. The molecule has 0 unspecified atom stereocenters. The zero-order valence-corrected chi connectivity index (χ0v) is 20.5. The number of aryl methyl sites for hydroxylation is 1. The fourth-order valence-corrected chi connectivity index (χ4v) is 3.51. The summed E-state index contributed by atoms with van der Waals surface area (Å²) < 4.78 is 24.7. The number of furan rings is 1. The minimum atomic E-state index is -0.558. The van der Waals surface area contributed by atoms with Crippen LogP contribution in [0, 0.1) is 12.7 Å². The van der Waals surface area contributed by atoms with Gasteiger partial charge in [0.25, 0.3) is 0 Å². The molecule has 0 fully saturated rings. The van der Waals surface area contributed by atoms with Gasteiger partial charge in [0, 0.05) is 29.4 Å². The second-order valence-electron chi connectivity index (χ2n) is 7.64. The van der Waals surface area contributed by atoms with Crippen molar-refractivity contribution in [3.05, 3.63) is 77.2 Å². The van der Waals surface area contributed by atoms with Crippen LogP contribution in [0.1, 0.15) is 18.2 Å². The summed E-state index contributed by atoms with van der Waals surface area (Å²) in [5, 5.41) is 10.8. The molecule has 1 aromatic carbocycles. The number of ether oxygens (including phenoxy) is 1. The second kappa shape index (κ2) is 12.1. The summed E-state index contributed by atoms with van der Waals surface area (Å²) in [5.74, 6) is 0.434. The van der Waals surface area contributed by atoms with E-state index in [0.717, 1.165) is 34.5 Å². The van der Waals surface area contributed by atoms with Crippen LogP contribution in [0.2, 0.25) is 5.02 Å². The highest BCUT2D eigenvalue weighted by Gasteiger charge is 2.09. The first-order chi connectivity index (χ1) is 17.5. The number of nitrogens with one attached hydrogen (secondary N) is 3. The van der Waals surface area contributed by atoms with E-state index in [4.69, 9.17) is 20.8 Å². The molecule has 0 saturated heterocycles. The Morgan fingerprint density at radius 2 is 2.03 bits per heavy atom. The molecule has 0 saturated carbocycles. The molecule has 4 rings (SSSR count). The van der Waals surface area contributed by atoms with Gasteiger partial charge >= 0.3 is 0 Å². The number of rotatable bonds is 11. The summed E-state index contributed by atoms with van der Waals surface area (Å²) in [4.78, 5) is 12.3. The van der Waals surface area contributed by atoms with E-state index in [1.165, 1.54) is 6.21 Å². The number of benzene rings is 1. The lowest BCUT2D eigenvalue weighted by molar-refractivity contribution is 0.158. The topological polar surface area (TPSA) is 109 Å². The molecule has 4 aromatic rings. The molecule has 0 bridgehead atoms. The van der Waals surface area contributed by atoms with Gasteiger partial charge in [0.05, 0.1) is 42.9 Å². The number of halogens is 2. The van der Waals surface area contributed by atoms with Crippen LogP contribution in [0.3, 0.4) is 0 Å². The zero-order valence-electron chi connectivity index (χ0n) is 19.8. The van der Waals surface area contributed by atoms with Gasteiger partial charge in [-0.05, 0) is 55.8 Å². The molecular formula is C25H25ClFN7O2. The average molecular weight is 510 g/mol. The molecule has 3 N–H and O–H groups in total. The quantitative estimate of drug-likeness (QED) is 0.131. The summed E-state index contributed by atoms with van der Waals surface area (Å²) in [7, 11) is 0. The Bertz CT molecular complexity index is 1330. The lowest BCUT2D eigenvalue weighted by Gasteiger charge is -2.09. The average Bonchev–Trinajstić information content (AvgIpc) is 3.30. The Morgan fingerprint density at radius 1 is 1.14 bits per heavy atom. The number of nitrogens with zero attached hydrogens (tertiary/aromatic N) is 4. The minimum Gasteiger partial charge on any atom is -0.464 e. The van der Waals surface area contributed by atoms with Crippen molar-refractivity contribution in [1.82, 2.24) is 15.0 Å². The van der Waals surface area contributed by atoms with Gasteiger partial charge in [-0.25, -0.2) is 14.8 Å². The Hall–Kier alpha value is -4.02. The molecular weight excluding hydrogens is 485 g/mol. The maximum Gasteiger partial charge on any atom is 0.245 e. The van der Waals surface area contributed by atoms with E-state index in [2.05, 4.69) is 36.1 Å². The third-order valence-corrected chi connectivity index (χ3v) is 5.16. The van der Waals surface area contributed by atoms with Gasteiger partial charge in [-0.2, -0.15) is 10.1 Å². The summed E-state index contributed by atoms with van der Waals surface area (Å²) in [5.41, 5.74) is 6.76. The fourth-order valence-electron chi connectivity index (χ4n) is 3.27. The lowest BCUT2D eigenvalue weighted by Crippen LogP contribution is -2.12. The maximum absolute atomic E-state index is 13.9. The third-order valence-electron chi connectivity index (χ3n) is 4.95. The van der Waals surface area contributed by atoms with Crippen LogP contribution in [0.15, 0.2) is 64.6 Å². The van der Waals surface area contributed by atoms with E-state index in [9.17, 15) is 4.39 Å². The molecule has 186 valence electrons. The van der Waals surface area contributed by atoms with E-state index in [-0.39, 0.29) is 11.8 Å². The van der Waals surface area contributed by atoms with Crippen LogP contribution in [0.25, 0.3) is 11.3 Å². The highest BCUT2D eigenvalue weighted by Crippen LogP contribution is 2.31. The predicted molar refractivity (Wildman–Crippen MR) is 140 cm³/mol. The molecule has 0 aliphatic carbocycles. The largest absolute Gasteiger partial charge is 0.464 e. The van der Waals surface area contributed by atoms with Crippen LogP contribution in [-0.2, 0) is 4.74 Å². The molecule has 3 aromatic heterocycles. The highest BCUT2D eigenvalue weighted by atomic mass is 35.5. The predicted octanol–water partition coefficient (Wildman–Crippen LogP) is 5.87. The van der Waals surface area contributed by atoms with Crippen molar-refractivity contribution in [3.8, 4) is 11.3 Å². The molecule has 3 heterocycles. The van der Waals surface area contributed by atoms with Crippen LogP contribution < -0.4 is 16.1 Å². The first-order valence-corrected chi connectivity index (χ1v) is 11.6. The summed E-state index contributed by atoms with van der Waals surface area (Å²) in [6.45, 7) is 5.33. The van der Waals surface area contributed by atoms with Gasteiger partial charge in [-0.1, -0.05) is 11.6 Å². The Morgan fingerprint density at radius 3 is 2.78 bits per heavy atom. The third kappa shape index (κ3) is 6.77. The van der Waals surface area contributed by atoms with Crippen LogP contribution in [-0.4, -0.2) is 40.9 Å². The normalized spacial score (nSPS) is 11.1. The Labute approximate surface area is 212 Å². The molecule has 0 aliphatic rings. The second-order valence-corrected chi connectivity index (χ2v) is 8.08. The molecule has 0 radical (unpaired) electrons. The van der Waals surface area contributed by atoms with Crippen LogP contribution in [0.5, 0.6) is 0 Å². The number of hydrazone groups is 1. The monoisotopic (exact) mass is 509 g/mol. The Balaban J connectivity index is 1.36. The standard InChI is InChI=1S/C25H25ClFN7O2/c1-3-35-9-7-28-24-22(27)15-30-25(33-24)34-31-14-19-4-5-20(13-29-19)32-21-11-17(10-18(26)12-21)23-16(2)6-8-36-23/h4-6,8,10-15,32H,3,7,9H2,1-2H3,(H2,28,30,33,34)/b31-14+. The van der Waals surface area contributed by atoms with Crippen molar-refractivity contribution in [1.29, 1.82) is 0 Å². The lowest BCUT2D eigenvalue weighted by atomic mass is 10.1. The van der Waals surface area contributed by atoms with E-state index >= 15 is 0 Å². The van der Waals surface area contributed by atoms with Crippen molar-refractivity contribution in [2.75, 3.05) is 35.8 Å². The first-order valence-electron chi connectivity index (χ1n) is 11.2. The fraction of sp³-hybridized carbons (Fsp3) is 0.200. The van der Waals surface area contributed by atoms with Crippen molar-refractivity contribution < 1.29 is 13.5 Å². The summed E-state index contributed by atoms with van der Waals surface area (Å²) >= 11 is 6.31.